The molecule has 3 aromatic rings. The molecule has 0 bridgehead atoms. The molecular formula is C27H29Cl2N3O5S. The van der Waals surface area contributed by atoms with Gasteiger partial charge in [0.05, 0.1) is 19.1 Å². The molecule has 0 saturated heterocycles. The number of halogens is 2. The number of sulfonamides is 1. The van der Waals surface area contributed by atoms with Crippen molar-refractivity contribution in [1.82, 2.24) is 10.2 Å². The first-order valence-corrected chi connectivity index (χ1v) is 14.2. The Morgan fingerprint density at radius 2 is 1.66 bits per heavy atom. The smallest absolute Gasteiger partial charge is 0.244 e. The van der Waals surface area contributed by atoms with E-state index in [0.29, 0.717) is 21.4 Å². The molecule has 1 N–H and O–H groups in total. The van der Waals surface area contributed by atoms with Gasteiger partial charge in [0.15, 0.2) is 0 Å². The van der Waals surface area contributed by atoms with Gasteiger partial charge in [-0.05, 0) is 47.5 Å². The Morgan fingerprint density at radius 1 is 1.00 bits per heavy atom. The quantitative estimate of drug-likeness (QED) is 0.369. The number of methoxy groups -OCH3 is 1. The number of nitrogens with one attached hydrogen (secondary N) is 1. The van der Waals surface area contributed by atoms with E-state index >= 15 is 0 Å². The molecule has 0 aromatic heterocycles. The third-order valence-corrected chi connectivity index (χ3v) is 7.64. The molecule has 1 unspecified atom stereocenters. The second-order valence-corrected chi connectivity index (χ2v) is 11.3. The highest BCUT2D eigenvalue weighted by molar-refractivity contribution is 7.92. The summed E-state index contributed by atoms with van der Waals surface area (Å²) in [7, 11) is -0.879. The van der Waals surface area contributed by atoms with E-state index in [0.717, 1.165) is 16.1 Å². The van der Waals surface area contributed by atoms with Gasteiger partial charge in [0.2, 0.25) is 21.8 Å². The van der Waals surface area contributed by atoms with E-state index in [4.69, 9.17) is 27.9 Å². The number of rotatable bonds is 11. The highest BCUT2D eigenvalue weighted by Crippen LogP contribution is 2.26. The second kappa shape index (κ2) is 13.0. The number of amides is 2. The second-order valence-electron chi connectivity index (χ2n) is 8.54. The molecule has 0 heterocycles. The maximum absolute atomic E-state index is 13.9. The lowest BCUT2D eigenvalue weighted by Crippen LogP contribution is -2.52. The molecule has 3 rings (SSSR count). The molecule has 0 radical (unpaired) electrons. The van der Waals surface area contributed by atoms with Crippen LogP contribution >= 0.6 is 23.2 Å². The largest absolute Gasteiger partial charge is 0.497 e. The monoisotopic (exact) mass is 577 g/mol. The molecule has 1 atom stereocenters. The van der Waals surface area contributed by atoms with Gasteiger partial charge in [0.25, 0.3) is 0 Å². The Bertz CT molecular complexity index is 1370. The Balaban J connectivity index is 2.04. The van der Waals surface area contributed by atoms with Crippen molar-refractivity contribution in [1.29, 1.82) is 0 Å². The average Bonchev–Trinajstić information content (AvgIpc) is 2.89. The van der Waals surface area contributed by atoms with Gasteiger partial charge in [0, 0.05) is 30.1 Å². The molecule has 8 nitrogen and oxygen atoms in total. The summed E-state index contributed by atoms with van der Waals surface area (Å²) >= 11 is 12.5. The van der Waals surface area contributed by atoms with Crippen LogP contribution in [0, 0.1) is 0 Å². The summed E-state index contributed by atoms with van der Waals surface area (Å²) in [6.07, 6.45) is 1.23. The van der Waals surface area contributed by atoms with Crippen LogP contribution < -0.4 is 14.4 Å². The van der Waals surface area contributed by atoms with Crippen molar-refractivity contribution in [2.45, 2.75) is 19.0 Å². The van der Waals surface area contributed by atoms with E-state index in [-0.39, 0.29) is 18.7 Å². The van der Waals surface area contributed by atoms with Crippen molar-refractivity contribution >= 4 is 50.7 Å². The van der Waals surface area contributed by atoms with Crippen LogP contribution in [0.1, 0.15) is 11.1 Å². The van der Waals surface area contributed by atoms with Gasteiger partial charge in [-0.3, -0.25) is 13.9 Å². The van der Waals surface area contributed by atoms with Crippen molar-refractivity contribution in [3.63, 3.8) is 0 Å². The van der Waals surface area contributed by atoms with Gasteiger partial charge in [-0.25, -0.2) is 8.42 Å². The number of hydrogen-bond acceptors (Lipinski definition) is 5. The van der Waals surface area contributed by atoms with Crippen molar-refractivity contribution in [2.24, 2.45) is 0 Å². The zero-order valence-electron chi connectivity index (χ0n) is 21.2. The van der Waals surface area contributed by atoms with Crippen LogP contribution in [0.5, 0.6) is 5.75 Å². The minimum atomic E-state index is -3.86. The average molecular weight is 579 g/mol. The van der Waals surface area contributed by atoms with E-state index in [2.05, 4.69) is 5.32 Å². The predicted molar refractivity (Wildman–Crippen MR) is 150 cm³/mol. The molecule has 11 heteroatoms. The lowest BCUT2D eigenvalue weighted by atomic mass is 10.0. The summed E-state index contributed by atoms with van der Waals surface area (Å²) in [5.41, 5.74) is 1.67. The first-order valence-electron chi connectivity index (χ1n) is 11.6. The van der Waals surface area contributed by atoms with Crippen LogP contribution in [0.4, 0.5) is 5.69 Å². The van der Waals surface area contributed by atoms with E-state index in [1.165, 1.54) is 19.1 Å². The van der Waals surface area contributed by atoms with Gasteiger partial charge < -0.3 is 15.0 Å². The maximum atomic E-state index is 13.9. The fraction of sp³-hybridized carbons (Fsp3) is 0.259. The third kappa shape index (κ3) is 7.63. The van der Waals surface area contributed by atoms with Crippen LogP contribution in [0.15, 0.2) is 72.8 Å². The third-order valence-electron chi connectivity index (χ3n) is 5.91. The number of benzene rings is 3. The number of nitrogens with zero attached hydrogens (tertiary/aromatic N) is 2. The molecule has 202 valence electrons. The topological polar surface area (TPSA) is 96.0 Å². The summed E-state index contributed by atoms with van der Waals surface area (Å²) in [4.78, 5) is 28.3. The SMILES string of the molecule is CNC(=O)C(Cc1ccccc1)N(Cc1ccc(Cl)cc1Cl)C(=O)CN(c1ccc(OC)cc1)S(C)(=O)=O. The Morgan fingerprint density at radius 3 is 2.21 bits per heavy atom. The van der Waals surface area contributed by atoms with E-state index in [1.54, 1.807) is 42.5 Å². The van der Waals surface area contributed by atoms with Crippen LogP contribution in [-0.4, -0.2) is 58.1 Å². The van der Waals surface area contributed by atoms with E-state index < -0.39 is 34.4 Å². The number of carbonyl (C=O) groups is 2. The molecule has 0 saturated carbocycles. The Kier molecular flexibility index (Phi) is 10.0. The van der Waals surface area contributed by atoms with Crippen molar-refractivity contribution in [3.8, 4) is 5.75 Å². The van der Waals surface area contributed by atoms with Crippen LogP contribution in [0.25, 0.3) is 0 Å². The van der Waals surface area contributed by atoms with Crippen molar-refractivity contribution < 1.29 is 22.7 Å². The molecule has 3 aromatic carbocycles. The number of hydrogen-bond donors (Lipinski definition) is 1. The summed E-state index contributed by atoms with van der Waals surface area (Å²) in [6.45, 7) is -0.571. The predicted octanol–water partition coefficient (Wildman–Crippen LogP) is 4.15. The van der Waals surface area contributed by atoms with Crippen molar-refractivity contribution in [2.75, 3.05) is 31.3 Å². The van der Waals surface area contributed by atoms with Crippen LogP contribution in [0.2, 0.25) is 10.0 Å². The minimum absolute atomic E-state index is 0.0417. The molecule has 0 aliphatic heterocycles. The lowest BCUT2D eigenvalue weighted by Gasteiger charge is -2.33. The number of ether oxygens (including phenoxy) is 1. The lowest BCUT2D eigenvalue weighted by molar-refractivity contribution is -0.139. The summed E-state index contributed by atoms with van der Waals surface area (Å²) in [5, 5.41) is 3.37. The zero-order valence-corrected chi connectivity index (χ0v) is 23.6. The fourth-order valence-electron chi connectivity index (χ4n) is 3.92. The van der Waals surface area contributed by atoms with Gasteiger partial charge in [0.1, 0.15) is 18.3 Å². The number of likely N-dealkylation sites (N-methyl/N-ethyl adjacent to an activating group) is 1. The van der Waals surface area contributed by atoms with Gasteiger partial charge in [-0.15, -0.1) is 0 Å². The maximum Gasteiger partial charge on any atom is 0.244 e. The first kappa shape index (κ1) is 29.3. The Labute approximate surface area is 233 Å². The summed E-state index contributed by atoms with van der Waals surface area (Å²) in [5.74, 6) is -0.445. The summed E-state index contributed by atoms with van der Waals surface area (Å²) < 4.78 is 31.7. The molecule has 0 fully saturated rings. The van der Waals surface area contributed by atoms with Gasteiger partial charge in [-0.1, -0.05) is 59.6 Å². The van der Waals surface area contributed by atoms with Crippen molar-refractivity contribution in [3.05, 3.63) is 94.0 Å². The van der Waals surface area contributed by atoms with E-state index in [9.17, 15) is 18.0 Å². The molecule has 2 amide bonds. The van der Waals surface area contributed by atoms with Crippen LogP contribution in [0.3, 0.4) is 0 Å². The highest BCUT2D eigenvalue weighted by Gasteiger charge is 2.33. The standard InChI is InChI=1S/C27H29Cl2N3O5S/c1-30-27(34)25(15-19-7-5-4-6-8-19)31(17-20-9-10-21(28)16-24(20)29)26(33)18-32(38(3,35)36)22-11-13-23(37-2)14-12-22/h4-14,16,25H,15,17-18H2,1-3H3,(H,30,34). The molecule has 38 heavy (non-hydrogen) atoms. The number of carbonyl (C=O) groups excluding carboxylic acids is 2. The van der Waals surface area contributed by atoms with Crippen LogP contribution in [-0.2, 0) is 32.6 Å². The highest BCUT2D eigenvalue weighted by atomic mass is 35.5. The molecular weight excluding hydrogens is 549 g/mol. The number of anilines is 1. The fourth-order valence-corrected chi connectivity index (χ4v) is 5.23. The summed E-state index contributed by atoms with van der Waals surface area (Å²) in [6, 6.07) is 19.5. The Hall–Kier alpha value is -3.27. The minimum Gasteiger partial charge on any atom is -0.497 e. The first-order chi connectivity index (χ1) is 18.0. The van der Waals surface area contributed by atoms with Gasteiger partial charge in [-0.2, -0.15) is 0 Å². The van der Waals surface area contributed by atoms with E-state index in [1.807, 2.05) is 30.3 Å². The normalized spacial score (nSPS) is 11.9. The molecule has 0 spiro atoms. The zero-order chi connectivity index (χ0) is 27.9. The van der Waals surface area contributed by atoms with Gasteiger partial charge >= 0.3 is 0 Å². The molecule has 0 aliphatic carbocycles. The molecule has 0 aliphatic rings.